The van der Waals surface area contributed by atoms with Crippen molar-refractivity contribution in [1.82, 2.24) is 0 Å². The SMILES string of the molecule is CCc1ccc(OC)c(CC2(C(=O)OC)CC2)c1. The highest BCUT2D eigenvalue weighted by atomic mass is 16.5. The molecule has 2 rings (SSSR count). The maximum atomic E-state index is 11.8. The summed E-state index contributed by atoms with van der Waals surface area (Å²) in [7, 11) is 3.13. The molecule has 3 heteroatoms. The molecule has 1 fully saturated rings. The van der Waals surface area contributed by atoms with E-state index in [1.54, 1.807) is 7.11 Å². The van der Waals surface area contributed by atoms with E-state index in [9.17, 15) is 4.79 Å². The van der Waals surface area contributed by atoms with Gasteiger partial charge in [0.2, 0.25) is 0 Å². The van der Waals surface area contributed by atoms with Crippen molar-refractivity contribution in [1.29, 1.82) is 0 Å². The average molecular weight is 248 g/mol. The minimum atomic E-state index is -0.297. The van der Waals surface area contributed by atoms with Crippen LogP contribution in [0.4, 0.5) is 0 Å². The maximum Gasteiger partial charge on any atom is 0.312 e. The summed E-state index contributed by atoms with van der Waals surface area (Å²) in [5, 5.41) is 0. The van der Waals surface area contributed by atoms with E-state index in [0.29, 0.717) is 0 Å². The van der Waals surface area contributed by atoms with Gasteiger partial charge in [-0.05, 0) is 42.9 Å². The standard InChI is InChI=1S/C15H20O3/c1-4-11-5-6-13(17-2)12(9-11)10-15(7-8-15)14(16)18-3/h5-6,9H,4,7-8,10H2,1-3H3. The largest absolute Gasteiger partial charge is 0.496 e. The molecular formula is C15H20O3. The van der Waals surface area contributed by atoms with Gasteiger partial charge in [-0.25, -0.2) is 0 Å². The molecule has 0 aromatic heterocycles. The van der Waals surface area contributed by atoms with E-state index in [-0.39, 0.29) is 11.4 Å². The third-order valence-electron chi connectivity index (χ3n) is 3.75. The highest BCUT2D eigenvalue weighted by molar-refractivity contribution is 5.80. The summed E-state index contributed by atoms with van der Waals surface area (Å²) in [6.45, 7) is 2.12. The molecule has 0 bridgehead atoms. The summed E-state index contributed by atoms with van der Waals surface area (Å²) in [5.74, 6) is 0.772. The molecule has 0 unspecified atom stereocenters. The predicted octanol–water partition coefficient (Wildman–Crippen LogP) is 2.75. The Morgan fingerprint density at radius 1 is 1.33 bits per heavy atom. The van der Waals surface area contributed by atoms with E-state index in [1.165, 1.54) is 12.7 Å². The molecular weight excluding hydrogens is 228 g/mol. The number of ether oxygens (including phenoxy) is 2. The summed E-state index contributed by atoms with van der Waals surface area (Å²) in [5.41, 5.74) is 2.08. The quantitative estimate of drug-likeness (QED) is 0.752. The zero-order chi connectivity index (χ0) is 13.2. The number of hydrogen-bond acceptors (Lipinski definition) is 3. The minimum absolute atomic E-state index is 0.0912. The van der Waals surface area contributed by atoms with Crippen LogP contribution in [0.15, 0.2) is 18.2 Å². The second kappa shape index (κ2) is 5.01. The van der Waals surface area contributed by atoms with Gasteiger partial charge in [0.25, 0.3) is 0 Å². The molecule has 0 radical (unpaired) electrons. The second-order valence-electron chi connectivity index (χ2n) is 4.95. The van der Waals surface area contributed by atoms with Crippen molar-refractivity contribution in [3.63, 3.8) is 0 Å². The summed E-state index contributed by atoms with van der Waals surface area (Å²) in [4.78, 5) is 11.8. The Labute approximate surface area is 108 Å². The van der Waals surface area contributed by atoms with Crippen LogP contribution in [0.1, 0.15) is 30.9 Å². The fourth-order valence-electron chi connectivity index (χ4n) is 2.38. The van der Waals surface area contributed by atoms with Crippen LogP contribution in [-0.4, -0.2) is 20.2 Å². The van der Waals surface area contributed by atoms with E-state index in [0.717, 1.165) is 37.0 Å². The third kappa shape index (κ3) is 2.35. The number of rotatable bonds is 5. The Hall–Kier alpha value is -1.51. The third-order valence-corrected chi connectivity index (χ3v) is 3.75. The van der Waals surface area contributed by atoms with Gasteiger partial charge in [0.05, 0.1) is 19.6 Å². The van der Waals surface area contributed by atoms with Crippen molar-refractivity contribution in [2.24, 2.45) is 5.41 Å². The topological polar surface area (TPSA) is 35.5 Å². The van der Waals surface area contributed by atoms with Crippen LogP contribution in [0.5, 0.6) is 5.75 Å². The lowest BCUT2D eigenvalue weighted by Gasteiger charge is -2.16. The lowest BCUT2D eigenvalue weighted by Crippen LogP contribution is -2.20. The van der Waals surface area contributed by atoms with Gasteiger partial charge in [-0.1, -0.05) is 19.1 Å². The van der Waals surface area contributed by atoms with Gasteiger partial charge in [-0.2, -0.15) is 0 Å². The normalized spacial score (nSPS) is 16.2. The first-order valence-electron chi connectivity index (χ1n) is 6.39. The van der Waals surface area contributed by atoms with Crippen LogP contribution in [0.2, 0.25) is 0 Å². The molecule has 1 aromatic rings. The smallest absolute Gasteiger partial charge is 0.312 e. The van der Waals surface area contributed by atoms with Crippen LogP contribution in [0.25, 0.3) is 0 Å². The zero-order valence-electron chi connectivity index (χ0n) is 11.3. The van der Waals surface area contributed by atoms with Gasteiger partial charge in [0.1, 0.15) is 5.75 Å². The number of methoxy groups -OCH3 is 2. The Kier molecular flexibility index (Phi) is 3.60. The molecule has 0 atom stereocenters. The van der Waals surface area contributed by atoms with Crippen LogP contribution < -0.4 is 4.74 Å². The average Bonchev–Trinajstić information content (AvgIpc) is 3.18. The fourth-order valence-corrected chi connectivity index (χ4v) is 2.38. The first-order chi connectivity index (χ1) is 8.65. The Bertz CT molecular complexity index is 447. The Morgan fingerprint density at radius 2 is 2.06 bits per heavy atom. The van der Waals surface area contributed by atoms with Gasteiger partial charge < -0.3 is 9.47 Å². The molecule has 98 valence electrons. The lowest BCUT2D eigenvalue weighted by molar-refractivity contribution is -0.147. The van der Waals surface area contributed by atoms with Crippen molar-refractivity contribution >= 4 is 5.97 Å². The van der Waals surface area contributed by atoms with Crippen molar-refractivity contribution in [2.75, 3.05) is 14.2 Å². The number of aryl methyl sites for hydroxylation is 1. The molecule has 0 saturated heterocycles. The van der Waals surface area contributed by atoms with Gasteiger partial charge in [-0.15, -0.1) is 0 Å². The highest BCUT2D eigenvalue weighted by Gasteiger charge is 2.51. The summed E-state index contributed by atoms with van der Waals surface area (Å²) < 4.78 is 10.3. The molecule has 0 spiro atoms. The van der Waals surface area contributed by atoms with Crippen molar-refractivity contribution in [2.45, 2.75) is 32.6 Å². The molecule has 0 aliphatic heterocycles. The molecule has 3 nitrogen and oxygen atoms in total. The lowest BCUT2D eigenvalue weighted by atomic mass is 9.94. The molecule has 1 aliphatic rings. The number of hydrogen-bond donors (Lipinski definition) is 0. The van der Waals surface area contributed by atoms with Crippen molar-refractivity contribution in [3.05, 3.63) is 29.3 Å². The zero-order valence-corrected chi connectivity index (χ0v) is 11.3. The van der Waals surface area contributed by atoms with Gasteiger partial charge in [0.15, 0.2) is 0 Å². The van der Waals surface area contributed by atoms with E-state index in [1.807, 2.05) is 6.07 Å². The van der Waals surface area contributed by atoms with Gasteiger partial charge in [0, 0.05) is 0 Å². The van der Waals surface area contributed by atoms with Crippen molar-refractivity contribution in [3.8, 4) is 5.75 Å². The summed E-state index contributed by atoms with van der Waals surface area (Å²) in [6.07, 6.45) is 3.54. The fraction of sp³-hybridized carbons (Fsp3) is 0.533. The maximum absolute atomic E-state index is 11.8. The van der Waals surface area contributed by atoms with Crippen LogP contribution in [0.3, 0.4) is 0 Å². The molecule has 0 N–H and O–H groups in total. The first kappa shape index (κ1) is 12.9. The summed E-state index contributed by atoms with van der Waals surface area (Å²) in [6, 6.07) is 6.20. The minimum Gasteiger partial charge on any atom is -0.496 e. The molecule has 18 heavy (non-hydrogen) atoms. The van der Waals surface area contributed by atoms with E-state index < -0.39 is 0 Å². The Balaban J connectivity index is 2.25. The second-order valence-corrected chi connectivity index (χ2v) is 4.95. The van der Waals surface area contributed by atoms with Crippen molar-refractivity contribution < 1.29 is 14.3 Å². The Morgan fingerprint density at radius 3 is 2.56 bits per heavy atom. The predicted molar refractivity (Wildman–Crippen MR) is 69.8 cm³/mol. The highest BCUT2D eigenvalue weighted by Crippen LogP contribution is 2.50. The molecule has 1 saturated carbocycles. The molecule has 0 heterocycles. The molecule has 1 aromatic carbocycles. The molecule has 1 aliphatic carbocycles. The van der Waals surface area contributed by atoms with E-state index in [2.05, 4.69) is 19.1 Å². The number of esters is 1. The first-order valence-corrected chi connectivity index (χ1v) is 6.39. The summed E-state index contributed by atoms with van der Waals surface area (Å²) >= 11 is 0. The number of carbonyl (C=O) groups is 1. The van der Waals surface area contributed by atoms with Gasteiger partial charge in [-0.3, -0.25) is 4.79 Å². The monoisotopic (exact) mass is 248 g/mol. The molecule has 0 amide bonds. The van der Waals surface area contributed by atoms with E-state index in [4.69, 9.17) is 9.47 Å². The van der Waals surface area contributed by atoms with Crippen LogP contribution in [-0.2, 0) is 22.4 Å². The van der Waals surface area contributed by atoms with Gasteiger partial charge >= 0.3 is 5.97 Å². The number of benzene rings is 1. The van der Waals surface area contributed by atoms with Crippen LogP contribution in [0, 0.1) is 5.41 Å². The van der Waals surface area contributed by atoms with E-state index >= 15 is 0 Å². The number of carbonyl (C=O) groups excluding carboxylic acids is 1. The van der Waals surface area contributed by atoms with Crippen LogP contribution >= 0.6 is 0 Å².